The second kappa shape index (κ2) is 3.16. The highest BCUT2D eigenvalue weighted by Crippen LogP contribution is 2.00. The van der Waals surface area contributed by atoms with E-state index in [9.17, 15) is 4.79 Å². The molecule has 0 aliphatic heterocycles. The monoisotopic (exact) mass is 155 g/mol. The minimum Gasteiger partial charge on any atom is -0.480 e. The number of aromatic nitrogens is 2. The highest BCUT2D eigenvalue weighted by molar-refractivity contribution is 5.81. The van der Waals surface area contributed by atoms with Crippen LogP contribution in [0.2, 0.25) is 0 Å². The van der Waals surface area contributed by atoms with E-state index in [1.54, 1.807) is 0 Å². The number of nitrogens with zero attached hydrogens (tertiary/aromatic N) is 1. The van der Waals surface area contributed by atoms with Gasteiger partial charge in [-0.05, 0) is 0 Å². The lowest BCUT2D eigenvalue weighted by atomic mass is 10.2. The quantitative estimate of drug-likeness (QED) is 0.555. The molecule has 59 valence electrons. The van der Waals surface area contributed by atoms with Gasteiger partial charge >= 0.3 is 7.40 Å². The molecule has 0 aliphatic carbocycles. The number of imidazole rings is 1. The van der Waals surface area contributed by atoms with Crippen LogP contribution in [0.25, 0.3) is 0 Å². The number of carboxylic acid groups (broad SMARTS) is 1. The first kappa shape index (κ1) is 7.74. The lowest BCUT2D eigenvalue weighted by Crippen LogP contribution is -2.22. The molecule has 0 bridgehead atoms. The second-order valence-corrected chi connectivity index (χ2v) is 2.08. The van der Waals surface area contributed by atoms with Gasteiger partial charge in [0.25, 0.3) is 0 Å². The molecule has 0 aliphatic rings. The predicted molar refractivity (Wildman–Crippen MR) is 38.5 cm³/mol. The van der Waals surface area contributed by atoms with Gasteiger partial charge in [-0.15, -0.1) is 0 Å². The van der Waals surface area contributed by atoms with Gasteiger partial charge in [0, 0.05) is 18.3 Å². The molecule has 1 aromatic heterocycles. The van der Waals surface area contributed by atoms with E-state index in [2.05, 4.69) is 9.97 Å². The molecule has 0 spiro atoms. The molecular weight excluding hydrogens is 146 g/mol. The van der Waals surface area contributed by atoms with Gasteiger partial charge in [0.1, 0.15) is 6.04 Å². The lowest BCUT2D eigenvalue weighted by Gasteiger charge is -2.00. The highest BCUT2D eigenvalue weighted by Gasteiger charge is 2.13. The average molecular weight is 155 g/mol. The number of carboxylic acids is 1. The number of aromatic amines is 1. The van der Waals surface area contributed by atoms with Gasteiger partial charge in [-0.3, -0.25) is 4.79 Å². The van der Waals surface area contributed by atoms with Crippen molar-refractivity contribution in [3.05, 3.63) is 24.3 Å². The van der Waals surface area contributed by atoms with E-state index < -0.39 is 5.97 Å². The zero-order valence-corrected chi connectivity index (χ0v) is 5.74. The SMILES string of the molecule is N[C](Cc1cnc[nH]1)C(=O)O.[H+]. The third-order valence-corrected chi connectivity index (χ3v) is 1.21. The number of aliphatic carboxylic acids is 1. The normalized spacial score (nSPS) is 10.4. The van der Waals surface area contributed by atoms with Crippen LogP contribution in [0.15, 0.2) is 12.5 Å². The average Bonchev–Trinajstić information content (AvgIpc) is 2.39. The second-order valence-electron chi connectivity index (χ2n) is 2.08. The van der Waals surface area contributed by atoms with Crippen LogP contribution in [0.5, 0.6) is 0 Å². The molecule has 4 N–H and O–H groups in total. The Morgan fingerprint density at radius 3 is 3.09 bits per heavy atom. The van der Waals surface area contributed by atoms with Crippen LogP contribution in [-0.4, -0.2) is 21.0 Å². The summed E-state index contributed by atoms with van der Waals surface area (Å²) in [4.78, 5) is 16.7. The van der Waals surface area contributed by atoms with Gasteiger partial charge in [-0.2, -0.15) is 0 Å². The maximum atomic E-state index is 10.2. The van der Waals surface area contributed by atoms with E-state index in [1.165, 1.54) is 12.5 Å². The molecule has 0 atom stereocenters. The van der Waals surface area contributed by atoms with Crippen LogP contribution >= 0.6 is 0 Å². The van der Waals surface area contributed by atoms with Crippen molar-refractivity contribution in [3.63, 3.8) is 0 Å². The Morgan fingerprint density at radius 1 is 1.91 bits per heavy atom. The molecule has 0 amide bonds. The van der Waals surface area contributed by atoms with E-state index in [0.29, 0.717) is 5.69 Å². The zero-order chi connectivity index (χ0) is 8.27. The number of hydrogen-bond donors (Lipinski definition) is 3. The Balaban J connectivity index is 0.00000121. The molecule has 0 saturated heterocycles. The van der Waals surface area contributed by atoms with Gasteiger partial charge in [0.05, 0.1) is 6.33 Å². The first-order chi connectivity index (χ1) is 5.20. The molecular formula is C6H9N3O2+. The third-order valence-electron chi connectivity index (χ3n) is 1.21. The number of hydrogen-bond acceptors (Lipinski definition) is 3. The van der Waals surface area contributed by atoms with Crippen LogP contribution < -0.4 is 5.73 Å². The van der Waals surface area contributed by atoms with Crippen LogP contribution in [0, 0.1) is 6.04 Å². The van der Waals surface area contributed by atoms with Crippen molar-refractivity contribution in [2.24, 2.45) is 5.73 Å². The Labute approximate surface area is 64.7 Å². The summed E-state index contributed by atoms with van der Waals surface area (Å²) in [6, 6.07) is -0.0887. The lowest BCUT2D eigenvalue weighted by molar-refractivity contribution is -0.135. The Bertz CT molecular complexity index is 237. The summed E-state index contributed by atoms with van der Waals surface area (Å²) in [6.07, 6.45) is 3.22. The molecule has 5 heteroatoms. The first-order valence-electron chi connectivity index (χ1n) is 3.02. The molecule has 5 nitrogen and oxygen atoms in total. The van der Waals surface area contributed by atoms with Crippen molar-refractivity contribution >= 4 is 5.97 Å². The van der Waals surface area contributed by atoms with Crippen molar-refractivity contribution < 1.29 is 11.3 Å². The molecule has 0 aromatic carbocycles. The molecule has 1 rings (SSSR count). The van der Waals surface area contributed by atoms with Gasteiger partial charge in [-0.1, -0.05) is 0 Å². The van der Waals surface area contributed by atoms with Gasteiger partial charge in [-0.25, -0.2) is 4.98 Å². The van der Waals surface area contributed by atoms with Crippen molar-refractivity contribution in [2.45, 2.75) is 6.42 Å². The van der Waals surface area contributed by atoms with Crippen molar-refractivity contribution in [3.8, 4) is 0 Å². The number of rotatable bonds is 3. The maximum absolute atomic E-state index is 10.2. The van der Waals surface area contributed by atoms with E-state index in [0.717, 1.165) is 0 Å². The molecule has 1 aromatic rings. The number of nitrogens with two attached hydrogens (primary N) is 1. The third kappa shape index (κ3) is 2.05. The van der Waals surface area contributed by atoms with Gasteiger partial charge in [0.2, 0.25) is 0 Å². The Hall–Kier alpha value is -1.36. The van der Waals surface area contributed by atoms with E-state index in [-0.39, 0.29) is 13.9 Å². The van der Waals surface area contributed by atoms with Crippen LogP contribution in [0.4, 0.5) is 0 Å². The van der Waals surface area contributed by atoms with E-state index >= 15 is 0 Å². The van der Waals surface area contributed by atoms with Crippen molar-refractivity contribution in [1.82, 2.24) is 9.97 Å². The largest absolute Gasteiger partial charge is 1.00 e. The summed E-state index contributed by atoms with van der Waals surface area (Å²) in [6.45, 7) is 0. The molecule has 0 saturated carbocycles. The fourth-order valence-electron chi connectivity index (χ4n) is 0.662. The topological polar surface area (TPSA) is 92.0 Å². The number of carbonyl (C=O) groups is 1. The highest BCUT2D eigenvalue weighted by atomic mass is 16.4. The van der Waals surface area contributed by atoms with Crippen LogP contribution in [-0.2, 0) is 11.2 Å². The van der Waals surface area contributed by atoms with Gasteiger partial charge < -0.3 is 15.8 Å². The van der Waals surface area contributed by atoms with Gasteiger partial charge in [0.15, 0.2) is 0 Å². The Morgan fingerprint density at radius 2 is 2.64 bits per heavy atom. The maximum Gasteiger partial charge on any atom is 1.00 e. The molecule has 0 fully saturated rings. The van der Waals surface area contributed by atoms with E-state index in [4.69, 9.17) is 10.8 Å². The molecule has 0 unspecified atom stereocenters. The predicted octanol–water partition coefficient (Wildman–Crippen LogP) is -0.360. The standard InChI is InChI=1S/C6H8N3O2/c7-5(6(10)11)1-4-2-8-3-9-4/h2-3H,1,7H2,(H,8,9)(H,10,11)/p+1. The Kier molecular flexibility index (Phi) is 2.22. The fourth-order valence-corrected chi connectivity index (χ4v) is 0.662. The molecule has 11 heavy (non-hydrogen) atoms. The summed E-state index contributed by atoms with van der Waals surface area (Å²) in [5, 5.41) is 8.38. The van der Waals surface area contributed by atoms with Crippen LogP contribution in [0.3, 0.4) is 0 Å². The number of nitrogens with one attached hydrogen (secondary N) is 1. The first-order valence-corrected chi connectivity index (χ1v) is 3.02. The molecule has 1 radical (unpaired) electrons. The summed E-state index contributed by atoms with van der Waals surface area (Å²) >= 11 is 0. The van der Waals surface area contributed by atoms with Crippen molar-refractivity contribution in [2.75, 3.05) is 0 Å². The fraction of sp³-hybridized carbons (Fsp3) is 0.167. The van der Waals surface area contributed by atoms with Crippen molar-refractivity contribution in [1.29, 1.82) is 0 Å². The summed E-state index contributed by atoms with van der Waals surface area (Å²) in [7, 11) is 0. The minimum atomic E-state index is -1.08. The molecule has 1 heterocycles. The zero-order valence-electron chi connectivity index (χ0n) is 6.74. The summed E-state index contributed by atoms with van der Waals surface area (Å²) < 4.78 is 0. The minimum absolute atomic E-state index is 0. The van der Waals surface area contributed by atoms with E-state index in [1.807, 2.05) is 0 Å². The smallest absolute Gasteiger partial charge is 0.480 e. The van der Waals surface area contributed by atoms with Crippen LogP contribution in [0.1, 0.15) is 7.12 Å². The number of H-pyrrole nitrogens is 1. The summed E-state index contributed by atoms with van der Waals surface area (Å²) in [5.74, 6) is -1.08. The summed E-state index contributed by atoms with van der Waals surface area (Å²) in [5.41, 5.74) is 5.88.